The van der Waals surface area contributed by atoms with E-state index >= 15 is 0 Å². The SMILES string of the molecule is Cc1cc(NCC2(CO)CCOCC2)c2cc(F)ccc2n1. The topological polar surface area (TPSA) is 54.4 Å². The molecular weight excluding hydrogens is 283 g/mol. The molecule has 1 aromatic carbocycles. The van der Waals surface area contributed by atoms with Gasteiger partial charge in [0, 0.05) is 41.9 Å². The molecule has 1 aromatic heterocycles. The summed E-state index contributed by atoms with van der Waals surface area (Å²) < 4.78 is 18.9. The van der Waals surface area contributed by atoms with Crippen LogP contribution in [-0.2, 0) is 4.74 Å². The summed E-state index contributed by atoms with van der Waals surface area (Å²) in [5.74, 6) is -0.274. The molecule has 0 aliphatic carbocycles. The van der Waals surface area contributed by atoms with Crippen LogP contribution < -0.4 is 5.32 Å². The van der Waals surface area contributed by atoms with Gasteiger partial charge in [0.25, 0.3) is 0 Å². The second kappa shape index (κ2) is 6.18. The summed E-state index contributed by atoms with van der Waals surface area (Å²) in [7, 11) is 0. The number of anilines is 1. The maximum absolute atomic E-state index is 13.5. The first-order chi connectivity index (χ1) is 10.6. The van der Waals surface area contributed by atoms with E-state index in [-0.39, 0.29) is 17.8 Å². The van der Waals surface area contributed by atoms with Gasteiger partial charge in [0.1, 0.15) is 5.82 Å². The smallest absolute Gasteiger partial charge is 0.124 e. The van der Waals surface area contributed by atoms with E-state index in [4.69, 9.17) is 4.74 Å². The van der Waals surface area contributed by atoms with Crippen molar-refractivity contribution in [2.45, 2.75) is 19.8 Å². The van der Waals surface area contributed by atoms with E-state index in [1.165, 1.54) is 12.1 Å². The Bertz CT molecular complexity index is 669. The number of hydrogen-bond donors (Lipinski definition) is 2. The maximum Gasteiger partial charge on any atom is 0.124 e. The van der Waals surface area contributed by atoms with E-state index in [1.54, 1.807) is 6.07 Å². The standard InChI is InChI=1S/C17H21FN2O2/c1-12-8-16(14-9-13(18)2-3-15(14)20-12)19-10-17(11-21)4-6-22-7-5-17/h2-3,8-9,21H,4-7,10-11H2,1H3,(H,19,20). The van der Waals surface area contributed by atoms with Gasteiger partial charge in [0.15, 0.2) is 0 Å². The zero-order chi connectivity index (χ0) is 15.6. The molecule has 2 N–H and O–H groups in total. The predicted octanol–water partition coefficient (Wildman–Crippen LogP) is 2.88. The molecule has 3 rings (SSSR count). The number of hydrogen-bond acceptors (Lipinski definition) is 4. The number of benzene rings is 1. The van der Waals surface area contributed by atoms with Gasteiger partial charge in [0.05, 0.1) is 12.1 Å². The van der Waals surface area contributed by atoms with E-state index in [1.807, 2.05) is 13.0 Å². The first kappa shape index (κ1) is 15.2. The number of fused-ring (bicyclic) bond motifs is 1. The molecule has 0 radical (unpaired) electrons. The Hall–Kier alpha value is -1.72. The molecular formula is C17H21FN2O2. The lowest BCUT2D eigenvalue weighted by Crippen LogP contribution is -2.39. The van der Waals surface area contributed by atoms with Crippen LogP contribution in [0, 0.1) is 18.2 Å². The molecule has 22 heavy (non-hydrogen) atoms. The van der Waals surface area contributed by atoms with Crippen LogP contribution in [0.3, 0.4) is 0 Å². The normalized spacial score (nSPS) is 17.6. The predicted molar refractivity (Wildman–Crippen MR) is 84.5 cm³/mol. The van der Waals surface area contributed by atoms with Crippen LogP contribution in [0.2, 0.25) is 0 Å². The third-order valence-corrected chi connectivity index (χ3v) is 4.44. The molecule has 0 saturated carbocycles. The van der Waals surface area contributed by atoms with Crippen molar-refractivity contribution >= 4 is 16.6 Å². The fourth-order valence-electron chi connectivity index (χ4n) is 2.95. The zero-order valence-electron chi connectivity index (χ0n) is 12.7. The molecule has 1 aliphatic rings. The molecule has 0 atom stereocenters. The van der Waals surface area contributed by atoms with Crippen molar-refractivity contribution < 1.29 is 14.2 Å². The highest BCUT2D eigenvalue weighted by Crippen LogP contribution is 2.32. The first-order valence-corrected chi connectivity index (χ1v) is 7.61. The first-order valence-electron chi connectivity index (χ1n) is 7.61. The number of aryl methyl sites for hydroxylation is 1. The number of aliphatic hydroxyl groups excluding tert-OH is 1. The second-order valence-corrected chi connectivity index (χ2v) is 6.10. The van der Waals surface area contributed by atoms with Gasteiger partial charge in [0.2, 0.25) is 0 Å². The third-order valence-electron chi connectivity index (χ3n) is 4.44. The van der Waals surface area contributed by atoms with E-state index < -0.39 is 0 Å². The van der Waals surface area contributed by atoms with Crippen molar-refractivity contribution in [2.75, 3.05) is 31.7 Å². The second-order valence-electron chi connectivity index (χ2n) is 6.10. The van der Waals surface area contributed by atoms with Gasteiger partial charge in [-0.15, -0.1) is 0 Å². The number of rotatable bonds is 4. The lowest BCUT2D eigenvalue weighted by Gasteiger charge is -2.36. The van der Waals surface area contributed by atoms with Gasteiger partial charge in [-0.2, -0.15) is 0 Å². The third kappa shape index (κ3) is 3.05. The summed E-state index contributed by atoms with van der Waals surface area (Å²) >= 11 is 0. The molecule has 0 bridgehead atoms. The minimum absolute atomic E-state index is 0.125. The number of halogens is 1. The van der Waals surface area contributed by atoms with Crippen molar-refractivity contribution in [3.8, 4) is 0 Å². The minimum atomic E-state index is -0.274. The van der Waals surface area contributed by atoms with Gasteiger partial charge in [-0.25, -0.2) is 4.39 Å². The van der Waals surface area contributed by atoms with Gasteiger partial charge >= 0.3 is 0 Å². The zero-order valence-corrected chi connectivity index (χ0v) is 12.7. The van der Waals surface area contributed by atoms with E-state index in [0.717, 1.165) is 35.1 Å². The molecule has 2 aromatic rings. The van der Waals surface area contributed by atoms with Crippen LogP contribution in [-0.4, -0.2) is 36.5 Å². The summed E-state index contributed by atoms with van der Waals surface area (Å²) in [5, 5.41) is 13.9. The van der Waals surface area contributed by atoms with Crippen molar-refractivity contribution in [3.05, 3.63) is 35.8 Å². The molecule has 1 fully saturated rings. The molecule has 1 aliphatic heterocycles. The van der Waals surface area contributed by atoms with Crippen LogP contribution in [0.1, 0.15) is 18.5 Å². The highest BCUT2D eigenvalue weighted by Gasteiger charge is 2.31. The molecule has 0 unspecified atom stereocenters. The number of nitrogens with zero attached hydrogens (tertiary/aromatic N) is 1. The number of ether oxygens (including phenoxy) is 1. The fourth-order valence-corrected chi connectivity index (χ4v) is 2.95. The fraction of sp³-hybridized carbons (Fsp3) is 0.471. The highest BCUT2D eigenvalue weighted by atomic mass is 19.1. The number of aliphatic hydroxyl groups is 1. The van der Waals surface area contributed by atoms with E-state index in [2.05, 4.69) is 10.3 Å². The van der Waals surface area contributed by atoms with Crippen LogP contribution in [0.4, 0.5) is 10.1 Å². The Kier molecular flexibility index (Phi) is 4.27. The van der Waals surface area contributed by atoms with E-state index in [9.17, 15) is 9.50 Å². The summed E-state index contributed by atoms with van der Waals surface area (Å²) in [5.41, 5.74) is 2.34. The van der Waals surface area contributed by atoms with Crippen LogP contribution in [0.15, 0.2) is 24.3 Å². The van der Waals surface area contributed by atoms with Crippen molar-refractivity contribution in [1.29, 1.82) is 0 Å². The van der Waals surface area contributed by atoms with Gasteiger partial charge < -0.3 is 15.2 Å². The highest BCUT2D eigenvalue weighted by molar-refractivity contribution is 5.91. The Morgan fingerprint density at radius 1 is 1.32 bits per heavy atom. The Morgan fingerprint density at radius 3 is 2.82 bits per heavy atom. The Labute approximate surface area is 129 Å². The van der Waals surface area contributed by atoms with Gasteiger partial charge in [-0.05, 0) is 44.0 Å². The van der Waals surface area contributed by atoms with Gasteiger partial charge in [-0.3, -0.25) is 4.98 Å². The Balaban J connectivity index is 1.88. The average Bonchev–Trinajstić information content (AvgIpc) is 2.54. The quantitative estimate of drug-likeness (QED) is 0.912. The van der Waals surface area contributed by atoms with Crippen LogP contribution in [0.25, 0.3) is 10.9 Å². The maximum atomic E-state index is 13.5. The molecule has 4 nitrogen and oxygen atoms in total. The molecule has 0 amide bonds. The average molecular weight is 304 g/mol. The van der Waals surface area contributed by atoms with Crippen molar-refractivity contribution in [1.82, 2.24) is 4.98 Å². The van der Waals surface area contributed by atoms with Crippen molar-refractivity contribution in [2.24, 2.45) is 5.41 Å². The van der Waals surface area contributed by atoms with Gasteiger partial charge in [-0.1, -0.05) is 0 Å². The summed E-state index contributed by atoms with van der Waals surface area (Å²) in [4.78, 5) is 4.43. The van der Waals surface area contributed by atoms with E-state index in [0.29, 0.717) is 19.8 Å². The Morgan fingerprint density at radius 2 is 2.09 bits per heavy atom. The summed E-state index contributed by atoms with van der Waals surface area (Å²) in [6, 6.07) is 6.54. The molecule has 2 heterocycles. The lowest BCUT2D eigenvalue weighted by atomic mass is 9.81. The number of nitrogens with one attached hydrogen (secondary N) is 1. The monoisotopic (exact) mass is 304 g/mol. The number of pyridine rings is 1. The van der Waals surface area contributed by atoms with Crippen LogP contribution >= 0.6 is 0 Å². The molecule has 118 valence electrons. The van der Waals surface area contributed by atoms with Crippen LogP contribution in [0.5, 0.6) is 0 Å². The molecule has 1 saturated heterocycles. The molecule has 0 spiro atoms. The summed E-state index contributed by atoms with van der Waals surface area (Å²) in [6.45, 7) is 4.03. The summed E-state index contributed by atoms with van der Waals surface area (Å²) in [6.07, 6.45) is 1.65. The lowest BCUT2D eigenvalue weighted by molar-refractivity contribution is -0.00856. The minimum Gasteiger partial charge on any atom is -0.396 e. The largest absolute Gasteiger partial charge is 0.396 e. The number of aromatic nitrogens is 1. The molecule has 5 heteroatoms. The van der Waals surface area contributed by atoms with Crippen molar-refractivity contribution in [3.63, 3.8) is 0 Å².